The molecule has 2 nitrogen and oxygen atoms in total. The molecule has 2 aliphatic carbocycles. The van der Waals surface area contributed by atoms with Crippen molar-refractivity contribution in [2.24, 2.45) is 11.7 Å². The molecule has 1 saturated heterocycles. The second kappa shape index (κ2) is 5.40. The number of nitrogens with two attached hydrogens (primary N) is 1. The number of fused-ring (bicyclic) bond motifs is 1. The van der Waals surface area contributed by atoms with Gasteiger partial charge in [-0.15, -0.1) is 0 Å². The van der Waals surface area contributed by atoms with E-state index in [1.807, 2.05) is 0 Å². The van der Waals surface area contributed by atoms with Crippen LogP contribution in [0.25, 0.3) is 0 Å². The normalized spacial score (nSPS) is 32.2. The Balaban J connectivity index is 1.51. The van der Waals surface area contributed by atoms with Crippen molar-refractivity contribution < 1.29 is 4.74 Å². The van der Waals surface area contributed by atoms with Gasteiger partial charge in [-0.3, -0.25) is 0 Å². The summed E-state index contributed by atoms with van der Waals surface area (Å²) in [6.45, 7) is 0.923. The van der Waals surface area contributed by atoms with Crippen LogP contribution in [-0.2, 0) is 11.2 Å². The lowest BCUT2D eigenvalue weighted by molar-refractivity contribution is -0.0972. The zero-order chi connectivity index (χ0) is 14.3. The fourth-order valence-electron chi connectivity index (χ4n) is 5.08. The topological polar surface area (TPSA) is 35.2 Å². The van der Waals surface area contributed by atoms with Gasteiger partial charge in [-0.05, 0) is 61.5 Å². The molecule has 21 heavy (non-hydrogen) atoms. The Labute approximate surface area is 128 Å². The lowest BCUT2D eigenvalue weighted by Crippen LogP contribution is -2.45. The average Bonchev–Trinajstić information content (AvgIpc) is 3.14. The molecule has 0 bridgehead atoms. The summed E-state index contributed by atoms with van der Waals surface area (Å²) in [7, 11) is 0. The van der Waals surface area contributed by atoms with Gasteiger partial charge < -0.3 is 10.5 Å². The highest BCUT2D eigenvalue weighted by Gasteiger charge is 2.43. The molecule has 2 fully saturated rings. The molecule has 1 saturated carbocycles. The van der Waals surface area contributed by atoms with Gasteiger partial charge in [0.25, 0.3) is 0 Å². The van der Waals surface area contributed by atoms with Crippen molar-refractivity contribution in [2.45, 2.75) is 68.9 Å². The van der Waals surface area contributed by atoms with Crippen LogP contribution in [0.2, 0.25) is 0 Å². The summed E-state index contributed by atoms with van der Waals surface area (Å²) in [4.78, 5) is 0. The van der Waals surface area contributed by atoms with E-state index in [0.29, 0.717) is 17.9 Å². The number of aryl methyl sites for hydroxylation is 1. The van der Waals surface area contributed by atoms with Crippen molar-refractivity contribution in [3.8, 4) is 0 Å². The van der Waals surface area contributed by atoms with E-state index in [-0.39, 0.29) is 5.60 Å². The molecular formula is C19H27NO. The van der Waals surface area contributed by atoms with Crippen molar-refractivity contribution in [2.75, 3.05) is 6.61 Å². The van der Waals surface area contributed by atoms with Crippen LogP contribution in [0.3, 0.4) is 0 Å². The first-order chi connectivity index (χ1) is 10.3. The first-order valence-electron chi connectivity index (χ1n) is 8.75. The zero-order valence-electron chi connectivity index (χ0n) is 12.9. The predicted molar refractivity (Wildman–Crippen MR) is 85.4 cm³/mol. The fraction of sp³-hybridized carbons (Fsp3) is 0.684. The van der Waals surface area contributed by atoms with Crippen molar-refractivity contribution in [1.29, 1.82) is 0 Å². The van der Waals surface area contributed by atoms with Crippen LogP contribution >= 0.6 is 0 Å². The molecule has 3 atom stereocenters. The summed E-state index contributed by atoms with van der Waals surface area (Å²) in [5, 5.41) is 0. The maximum atomic E-state index is 6.76. The smallest absolute Gasteiger partial charge is 0.0685 e. The Morgan fingerprint density at radius 2 is 1.95 bits per heavy atom. The largest absolute Gasteiger partial charge is 0.375 e. The number of hydrogen-bond acceptors (Lipinski definition) is 2. The second-order valence-electron chi connectivity index (χ2n) is 7.41. The van der Waals surface area contributed by atoms with E-state index in [2.05, 4.69) is 24.3 Å². The molecule has 1 aromatic carbocycles. The van der Waals surface area contributed by atoms with Gasteiger partial charge >= 0.3 is 0 Å². The molecular weight excluding hydrogens is 258 g/mol. The molecule has 0 aromatic heterocycles. The maximum Gasteiger partial charge on any atom is 0.0685 e. The van der Waals surface area contributed by atoms with Crippen LogP contribution in [0.5, 0.6) is 0 Å². The van der Waals surface area contributed by atoms with Gasteiger partial charge in [0.2, 0.25) is 0 Å². The van der Waals surface area contributed by atoms with E-state index in [1.165, 1.54) is 56.1 Å². The highest BCUT2D eigenvalue weighted by molar-refractivity contribution is 5.36. The van der Waals surface area contributed by atoms with Crippen LogP contribution in [0, 0.1) is 5.92 Å². The molecule has 1 spiro atoms. The minimum Gasteiger partial charge on any atom is -0.375 e. The van der Waals surface area contributed by atoms with Crippen molar-refractivity contribution in [1.82, 2.24) is 0 Å². The summed E-state index contributed by atoms with van der Waals surface area (Å²) in [6.07, 6.45) is 10.0. The molecule has 1 heterocycles. The lowest BCUT2D eigenvalue weighted by Gasteiger charge is -2.42. The monoisotopic (exact) mass is 285 g/mol. The Kier molecular flexibility index (Phi) is 3.55. The van der Waals surface area contributed by atoms with Crippen LogP contribution in [0.1, 0.15) is 62.0 Å². The highest BCUT2D eigenvalue weighted by Crippen LogP contribution is 2.46. The Hall–Kier alpha value is -0.860. The molecule has 0 radical (unpaired) electrons. The number of hydrogen-bond donors (Lipinski definition) is 1. The molecule has 0 amide bonds. The van der Waals surface area contributed by atoms with E-state index in [4.69, 9.17) is 10.5 Å². The average molecular weight is 285 g/mol. The first-order valence-corrected chi connectivity index (χ1v) is 8.75. The van der Waals surface area contributed by atoms with Crippen molar-refractivity contribution >= 4 is 0 Å². The molecule has 2 N–H and O–H groups in total. The third-order valence-electron chi connectivity index (χ3n) is 6.23. The molecule has 114 valence electrons. The summed E-state index contributed by atoms with van der Waals surface area (Å²) in [5.74, 6) is 1.22. The minimum absolute atomic E-state index is 0.193. The minimum atomic E-state index is 0.193. The second-order valence-corrected chi connectivity index (χ2v) is 7.41. The zero-order valence-corrected chi connectivity index (χ0v) is 12.9. The third-order valence-corrected chi connectivity index (χ3v) is 6.23. The van der Waals surface area contributed by atoms with Crippen LogP contribution in [0.4, 0.5) is 0 Å². The summed E-state index contributed by atoms with van der Waals surface area (Å²) < 4.78 is 6.18. The molecule has 2 heteroatoms. The molecule has 3 unspecified atom stereocenters. The maximum absolute atomic E-state index is 6.76. The third kappa shape index (κ3) is 2.43. The Morgan fingerprint density at radius 3 is 2.81 bits per heavy atom. The van der Waals surface area contributed by atoms with Gasteiger partial charge in [0.05, 0.1) is 5.60 Å². The van der Waals surface area contributed by atoms with Gasteiger partial charge in [0.1, 0.15) is 0 Å². The SMILES string of the molecule is NC(C1CCOC2(CCCC2)C1)C1CCc2ccccc21. The van der Waals surface area contributed by atoms with E-state index in [1.54, 1.807) is 0 Å². The summed E-state index contributed by atoms with van der Waals surface area (Å²) >= 11 is 0. The molecule has 1 aromatic rings. The standard InChI is InChI=1S/C19H27NO/c20-18(17-8-7-14-5-1-2-6-16(14)17)15-9-12-21-19(13-15)10-3-4-11-19/h1-2,5-6,15,17-18H,3-4,7-13,20H2. The summed E-state index contributed by atoms with van der Waals surface area (Å²) in [6, 6.07) is 9.23. The molecule has 4 rings (SSSR count). The van der Waals surface area contributed by atoms with E-state index >= 15 is 0 Å². The molecule has 3 aliphatic rings. The lowest BCUT2D eigenvalue weighted by atomic mass is 9.75. The Bertz CT molecular complexity index is 506. The van der Waals surface area contributed by atoms with Crippen LogP contribution < -0.4 is 5.73 Å². The highest BCUT2D eigenvalue weighted by atomic mass is 16.5. The van der Waals surface area contributed by atoms with Gasteiger partial charge in [0.15, 0.2) is 0 Å². The van der Waals surface area contributed by atoms with Crippen molar-refractivity contribution in [3.63, 3.8) is 0 Å². The predicted octanol–water partition coefficient (Wildman–Crippen LogP) is 3.78. The van der Waals surface area contributed by atoms with Gasteiger partial charge in [-0.25, -0.2) is 0 Å². The number of rotatable bonds is 2. The fourth-order valence-corrected chi connectivity index (χ4v) is 5.08. The Morgan fingerprint density at radius 1 is 1.14 bits per heavy atom. The first kappa shape index (κ1) is 13.8. The van der Waals surface area contributed by atoms with E-state index in [0.717, 1.165) is 13.0 Å². The summed E-state index contributed by atoms with van der Waals surface area (Å²) in [5.41, 5.74) is 10.0. The van der Waals surface area contributed by atoms with Crippen LogP contribution in [-0.4, -0.2) is 18.2 Å². The van der Waals surface area contributed by atoms with E-state index < -0.39 is 0 Å². The quantitative estimate of drug-likeness (QED) is 0.897. The van der Waals surface area contributed by atoms with Gasteiger partial charge in [-0.1, -0.05) is 37.1 Å². The van der Waals surface area contributed by atoms with E-state index in [9.17, 15) is 0 Å². The van der Waals surface area contributed by atoms with Crippen molar-refractivity contribution in [3.05, 3.63) is 35.4 Å². The van der Waals surface area contributed by atoms with Gasteiger partial charge in [-0.2, -0.15) is 0 Å². The van der Waals surface area contributed by atoms with Gasteiger partial charge in [0, 0.05) is 12.6 Å². The van der Waals surface area contributed by atoms with Crippen LogP contribution in [0.15, 0.2) is 24.3 Å². The molecule has 1 aliphatic heterocycles. The number of ether oxygens (including phenoxy) is 1. The number of benzene rings is 1.